The van der Waals surface area contributed by atoms with Crippen LogP contribution in [-0.2, 0) is 9.53 Å². The van der Waals surface area contributed by atoms with Crippen molar-refractivity contribution in [2.24, 2.45) is 0 Å². The second-order valence-electron chi connectivity index (χ2n) is 8.42. The first-order chi connectivity index (χ1) is 13.6. The molecule has 1 fully saturated rings. The van der Waals surface area contributed by atoms with Crippen LogP contribution in [0.1, 0.15) is 51.5 Å². The van der Waals surface area contributed by atoms with Gasteiger partial charge in [0.25, 0.3) is 0 Å². The largest absolute Gasteiger partial charge is 0.480 e. The summed E-state index contributed by atoms with van der Waals surface area (Å²) in [6.45, 7) is 10.4. The lowest BCUT2D eigenvalue weighted by atomic mass is 10.1. The average molecular weight is 406 g/mol. The predicted molar refractivity (Wildman–Crippen MR) is 109 cm³/mol. The number of nitrogens with zero attached hydrogens (tertiary/aromatic N) is 1. The Kier molecular flexibility index (Phi) is 7.79. The maximum Gasteiger partial charge on any atom is 0.408 e. The number of ether oxygens (including phenoxy) is 1. The van der Waals surface area contributed by atoms with E-state index in [2.05, 4.69) is 16.8 Å². The van der Waals surface area contributed by atoms with Crippen molar-refractivity contribution >= 4 is 12.1 Å². The number of rotatable bonds is 10. The molecule has 7 heteroatoms. The third-order valence-corrected chi connectivity index (χ3v) is 4.81. The summed E-state index contributed by atoms with van der Waals surface area (Å²) in [6.07, 6.45) is 2.99. The van der Waals surface area contributed by atoms with Crippen molar-refractivity contribution in [1.82, 2.24) is 10.2 Å². The van der Waals surface area contributed by atoms with E-state index in [1.807, 2.05) is 18.2 Å². The number of carboxylic acid groups (broad SMARTS) is 1. The van der Waals surface area contributed by atoms with Gasteiger partial charge >= 0.3 is 12.1 Å². The van der Waals surface area contributed by atoms with Gasteiger partial charge in [-0.05, 0) is 64.3 Å². The van der Waals surface area contributed by atoms with Crippen molar-refractivity contribution in [3.63, 3.8) is 0 Å². The van der Waals surface area contributed by atoms with Gasteiger partial charge < -0.3 is 15.2 Å². The fraction of sp³-hybridized carbons (Fsp3) is 0.545. The van der Waals surface area contributed by atoms with E-state index in [0.29, 0.717) is 37.9 Å². The first-order valence-corrected chi connectivity index (χ1v) is 9.93. The van der Waals surface area contributed by atoms with Crippen molar-refractivity contribution < 1.29 is 23.8 Å². The summed E-state index contributed by atoms with van der Waals surface area (Å²) >= 11 is 0. The third kappa shape index (κ3) is 7.49. The number of amides is 1. The molecule has 0 aliphatic heterocycles. The van der Waals surface area contributed by atoms with Gasteiger partial charge in [0.15, 0.2) is 0 Å². The van der Waals surface area contributed by atoms with Gasteiger partial charge in [-0.3, -0.25) is 4.90 Å². The highest BCUT2D eigenvalue weighted by Crippen LogP contribution is 2.44. The highest BCUT2D eigenvalue weighted by atomic mass is 19.1. The zero-order valence-corrected chi connectivity index (χ0v) is 17.4. The standard InChI is InChI=1S/C22H31FN2O4/c1-5-12-25(19-14-17(19)15-8-10-16(23)11-9-15)13-6-7-18(20(26)27)24-21(28)29-22(2,3)4/h5,8-11,17-19H,1,6-7,12-14H2,2-4H3,(H,24,28)(H,26,27)/t17-,18+,19+/m0/s1. The number of carbonyl (C=O) groups excluding carboxylic acids is 1. The summed E-state index contributed by atoms with van der Waals surface area (Å²) in [5.41, 5.74) is 0.426. The van der Waals surface area contributed by atoms with Gasteiger partial charge in [-0.1, -0.05) is 18.2 Å². The summed E-state index contributed by atoms with van der Waals surface area (Å²) in [5, 5.41) is 11.8. The molecule has 2 N–H and O–H groups in total. The maximum absolute atomic E-state index is 13.1. The smallest absolute Gasteiger partial charge is 0.408 e. The second kappa shape index (κ2) is 9.87. The zero-order valence-electron chi connectivity index (χ0n) is 17.4. The van der Waals surface area contributed by atoms with E-state index in [0.717, 1.165) is 12.0 Å². The van der Waals surface area contributed by atoms with Crippen LogP contribution in [0.25, 0.3) is 0 Å². The van der Waals surface area contributed by atoms with Crippen LogP contribution in [0, 0.1) is 5.82 Å². The minimum Gasteiger partial charge on any atom is -0.480 e. The van der Waals surface area contributed by atoms with E-state index in [4.69, 9.17) is 4.74 Å². The van der Waals surface area contributed by atoms with Gasteiger partial charge in [0.1, 0.15) is 17.5 Å². The van der Waals surface area contributed by atoms with Crippen molar-refractivity contribution in [2.45, 2.75) is 63.6 Å². The Hall–Kier alpha value is -2.41. The summed E-state index contributed by atoms with van der Waals surface area (Å²) < 4.78 is 18.3. The lowest BCUT2D eigenvalue weighted by molar-refractivity contribution is -0.139. The van der Waals surface area contributed by atoms with Crippen LogP contribution in [0.4, 0.5) is 9.18 Å². The van der Waals surface area contributed by atoms with Crippen LogP contribution in [0.15, 0.2) is 36.9 Å². The Morgan fingerprint density at radius 3 is 2.59 bits per heavy atom. The van der Waals surface area contributed by atoms with Gasteiger partial charge in [0.2, 0.25) is 0 Å². The number of hydrogen-bond acceptors (Lipinski definition) is 4. The predicted octanol–water partition coefficient (Wildman–Crippen LogP) is 3.93. The molecule has 6 nitrogen and oxygen atoms in total. The molecule has 3 atom stereocenters. The molecule has 29 heavy (non-hydrogen) atoms. The van der Waals surface area contributed by atoms with Crippen LogP contribution in [0.3, 0.4) is 0 Å². The van der Waals surface area contributed by atoms with Gasteiger partial charge in [-0.25, -0.2) is 14.0 Å². The second-order valence-corrected chi connectivity index (χ2v) is 8.42. The molecule has 0 radical (unpaired) electrons. The number of nitrogens with one attached hydrogen (secondary N) is 1. The SMILES string of the molecule is C=CCN(CCC[C@@H](NC(=O)OC(C)(C)C)C(=O)O)[C@@H]1C[C@H]1c1ccc(F)cc1. The fourth-order valence-electron chi connectivity index (χ4n) is 3.42. The van der Waals surface area contributed by atoms with E-state index in [-0.39, 0.29) is 5.82 Å². The Bertz CT molecular complexity index is 715. The van der Waals surface area contributed by atoms with E-state index in [9.17, 15) is 19.1 Å². The molecule has 1 aliphatic carbocycles. The number of carbonyl (C=O) groups is 2. The summed E-state index contributed by atoms with van der Waals surface area (Å²) in [6, 6.07) is 5.92. The van der Waals surface area contributed by atoms with Crippen molar-refractivity contribution in [1.29, 1.82) is 0 Å². The van der Waals surface area contributed by atoms with Crippen molar-refractivity contribution in [2.75, 3.05) is 13.1 Å². The number of alkyl carbamates (subject to hydrolysis) is 1. The Morgan fingerprint density at radius 1 is 1.38 bits per heavy atom. The summed E-state index contributed by atoms with van der Waals surface area (Å²) in [5.74, 6) is -0.974. The number of aliphatic carboxylic acids is 1. The molecule has 2 rings (SSSR count). The molecule has 160 valence electrons. The van der Waals surface area contributed by atoms with Gasteiger partial charge in [0, 0.05) is 18.5 Å². The summed E-state index contributed by atoms with van der Waals surface area (Å²) in [4.78, 5) is 25.6. The molecular weight excluding hydrogens is 375 g/mol. The third-order valence-electron chi connectivity index (χ3n) is 4.81. The van der Waals surface area contributed by atoms with Gasteiger partial charge in [-0.15, -0.1) is 6.58 Å². The number of carboxylic acids is 1. The van der Waals surface area contributed by atoms with Crippen molar-refractivity contribution in [3.8, 4) is 0 Å². The molecule has 1 aliphatic rings. The number of hydrogen-bond donors (Lipinski definition) is 2. The van der Waals surface area contributed by atoms with E-state index < -0.39 is 23.7 Å². The molecule has 0 aromatic heterocycles. The quantitative estimate of drug-likeness (QED) is 0.576. The molecule has 1 aromatic carbocycles. The molecule has 0 unspecified atom stereocenters. The minimum atomic E-state index is -1.08. The van der Waals surface area contributed by atoms with Crippen LogP contribution < -0.4 is 5.32 Å². The van der Waals surface area contributed by atoms with Crippen LogP contribution in [0.5, 0.6) is 0 Å². The lowest BCUT2D eigenvalue weighted by Gasteiger charge is -2.24. The Balaban J connectivity index is 1.86. The number of benzene rings is 1. The average Bonchev–Trinajstić information content (AvgIpc) is 3.39. The van der Waals surface area contributed by atoms with Crippen molar-refractivity contribution in [3.05, 3.63) is 48.3 Å². The highest BCUT2D eigenvalue weighted by Gasteiger charge is 2.42. The Morgan fingerprint density at radius 2 is 2.03 bits per heavy atom. The molecule has 1 amide bonds. The molecule has 0 spiro atoms. The molecular formula is C22H31FN2O4. The van der Waals surface area contributed by atoms with E-state index in [1.54, 1.807) is 20.8 Å². The molecule has 1 aromatic rings. The minimum absolute atomic E-state index is 0.244. The normalized spacial score (nSPS) is 19.5. The highest BCUT2D eigenvalue weighted by molar-refractivity contribution is 5.79. The molecule has 1 saturated carbocycles. The maximum atomic E-state index is 13.1. The first-order valence-electron chi connectivity index (χ1n) is 9.93. The van der Waals surface area contributed by atoms with Crippen LogP contribution >= 0.6 is 0 Å². The topological polar surface area (TPSA) is 78.9 Å². The Labute approximate surface area is 171 Å². The molecule has 0 saturated heterocycles. The number of halogens is 1. The first kappa shape index (κ1) is 22.9. The zero-order chi connectivity index (χ0) is 21.6. The van der Waals surface area contributed by atoms with Gasteiger partial charge in [-0.2, -0.15) is 0 Å². The molecule has 0 bridgehead atoms. The lowest BCUT2D eigenvalue weighted by Crippen LogP contribution is -2.43. The van der Waals surface area contributed by atoms with Crippen LogP contribution in [-0.4, -0.2) is 52.8 Å². The van der Waals surface area contributed by atoms with E-state index >= 15 is 0 Å². The fourth-order valence-corrected chi connectivity index (χ4v) is 3.42. The molecule has 0 heterocycles. The van der Waals surface area contributed by atoms with Crippen LogP contribution in [0.2, 0.25) is 0 Å². The van der Waals surface area contributed by atoms with E-state index in [1.165, 1.54) is 12.1 Å². The monoisotopic (exact) mass is 406 g/mol. The van der Waals surface area contributed by atoms with Gasteiger partial charge in [0.05, 0.1) is 0 Å². The summed E-state index contributed by atoms with van der Waals surface area (Å²) in [7, 11) is 0.